The molecule has 1 atom stereocenters. The second kappa shape index (κ2) is 10.6. The minimum atomic E-state index is -0.960. The molecule has 174 valence electrons. The summed E-state index contributed by atoms with van der Waals surface area (Å²) in [6.45, 7) is 1.60. The molecule has 2 aliphatic rings. The largest absolute Gasteiger partial charge is 0.511 e. The second-order valence-electron chi connectivity index (χ2n) is 7.86. The highest BCUT2D eigenvalue weighted by molar-refractivity contribution is 7.97. The molecule has 2 heterocycles. The maximum atomic E-state index is 13.2. The van der Waals surface area contributed by atoms with Gasteiger partial charge in [-0.3, -0.25) is 4.79 Å². The molecule has 1 aliphatic carbocycles. The van der Waals surface area contributed by atoms with Gasteiger partial charge in [-0.2, -0.15) is 0 Å². The lowest BCUT2D eigenvalue weighted by Crippen LogP contribution is -2.30. The van der Waals surface area contributed by atoms with Gasteiger partial charge in [0.15, 0.2) is 11.5 Å². The lowest BCUT2D eigenvalue weighted by atomic mass is 9.98. The second-order valence-corrected chi connectivity index (χ2v) is 9.03. The van der Waals surface area contributed by atoms with Gasteiger partial charge in [-0.25, -0.2) is 9.78 Å². The Morgan fingerprint density at radius 1 is 1.12 bits per heavy atom. The van der Waals surface area contributed by atoms with E-state index >= 15 is 0 Å². The van der Waals surface area contributed by atoms with Crippen LogP contribution in [0.3, 0.4) is 0 Å². The number of nitrogens with zero attached hydrogens (tertiary/aromatic N) is 2. The fraction of sp³-hybridized carbons (Fsp3) is 0.375. The maximum absolute atomic E-state index is 13.2. The van der Waals surface area contributed by atoms with Crippen molar-refractivity contribution in [3.05, 3.63) is 59.9 Å². The van der Waals surface area contributed by atoms with Gasteiger partial charge in [0.2, 0.25) is 6.29 Å². The molecular weight excluding hydrogens is 442 g/mol. The number of anilines is 1. The number of aromatic nitrogens is 1. The molecule has 1 unspecified atom stereocenters. The van der Waals surface area contributed by atoms with E-state index in [0.29, 0.717) is 17.3 Å². The molecule has 1 amide bonds. The molecule has 1 aromatic carbocycles. The summed E-state index contributed by atoms with van der Waals surface area (Å²) in [6, 6.07) is 12.9. The van der Waals surface area contributed by atoms with Gasteiger partial charge in [-0.05, 0) is 61.9 Å². The lowest BCUT2D eigenvalue weighted by molar-refractivity contribution is -0.114. The highest BCUT2D eigenvalue weighted by Gasteiger charge is 2.32. The summed E-state index contributed by atoms with van der Waals surface area (Å²) in [4.78, 5) is 30.6. The van der Waals surface area contributed by atoms with Crippen molar-refractivity contribution >= 4 is 35.6 Å². The van der Waals surface area contributed by atoms with Crippen LogP contribution in [0.25, 0.3) is 5.76 Å². The van der Waals surface area contributed by atoms with Crippen molar-refractivity contribution in [2.45, 2.75) is 56.3 Å². The minimum Gasteiger partial charge on any atom is -0.452 e. The molecule has 0 saturated heterocycles. The SMILES string of the molecule is CC(OC(=O)OC1CCCCC1)OC1=C(C(=O)Nc2ccccn2)N(C)Sc2ccccc21. The Hall–Kier alpha value is -3.20. The third kappa shape index (κ3) is 5.78. The Balaban J connectivity index is 1.54. The molecule has 8 nitrogen and oxygen atoms in total. The van der Waals surface area contributed by atoms with E-state index in [-0.39, 0.29) is 12.0 Å². The zero-order valence-electron chi connectivity index (χ0n) is 18.7. The van der Waals surface area contributed by atoms with Crippen molar-refractivity contribution in [1.29, 1.82) is 0 Å². The van der Waals surface area contributed by atoms with Gasteiger partial charge in [0.25, 0.3) is 5.91 Å². The molecular formula is C24H27N3O5S. The summed E-state index contributed by atoms with van der Waals surface area (Å²) < 4.78 is 18.6. The third-order valence-electron chi connectivity index (χ3n) is 5.38. The molecule has 1 fully saturated rings. The number of nitrogens with one attached hydrogen (secondary N) is 1. The Bertz CT molecular complexity index is 1020. The normalized spacial score (nSPS) is 17.1. The Morgan fingerprint density at radius 2 is 1.88 bits per heavy atom. The van der Waals surface area contributed by atoms with Crippen molar-refractivity contribution in [2.24, 2.45) is 0 Å². The number of pyridine rings is 1. The standard InChI is InChI=1S/C24H27N3O5S/c1-16(31-24(29)32-17-10-4-3-5-11-17)30-22-18-12-6-7-13-19(18)33-27(2)21(22)23(28)26-20-14-8-9-15-25-20/h6-9,12-17H,3-5,10-11H2,1-2H3,(H,25,26,28). The molecule has 1 aromatic heterocycles. The summed E-state index contributed by atoms with van der Waals surface area (Å²) in [5, 5.41) is 2.80. The van der Waals surface area contributed by atoms with Crippen LogP contribution >= 0.6 is 11.9 Å². The van der Waals surface area contributed by atoms with Crippen LogP contribution in [0, 0.1) is 0 Å². The van der Waals surface area contributed by atoms with E-state index in [1.165, 1.54) is 11.9 Å². The Kier molecular flexibility index (Phi) is 7.39. The van der Waals surface area contributed by atoms with Crippen LogP contribution < -0.4 is 5.32 Å². The highest BCUT2D eigenvalue weighted by atomic mass is 32.2. The molecule has 4 rings (SSSR count). The molecule has 33 heavy (non-hydrogen) atoms. The third-order valence-corrected chi connectivity index (χ3v) is 6.39. The first kappa shape index (κ1) is 23.0. The first-order valence-electron chi connectivity index (χ1n) is 11.0. The van der Waals surface area contributed by atoms with Crippen molar-refractivity contribution in [1.82, 2.24) is 9.29 Å². The summed E-state index contributed by atoms with van der Waals surface area (Å²) in [5.41, 5.74) is 1.03. The quantitative estimate of drug-likeness (QED) is 0.351. The summed E-state index contributed by atoms with van der Waals surface area (Å²) in [7, 11) is 1.78. The summed E-state index contributed by atoms with van der Waals surface area (Å²) >= 11 is 1.41. The van der Waals surface area contributed by atoms with E-state index in [1.54, 1.807) is 42.7 Å². The smallest absolute Gasteiger partial charge is 0.452 e. The first-order valence-corrected chi connectivity index (χ1v) is 11.8. The number of hydrogen-bond donors (Lipinski definition) is 1. The molecule has 0 bridgehead atoms. The van der Waals surface area contributed by atoms with Gasteiger partial charge in [-0.1, -0.05) is 24.6 Å². The zero-order chi connectivity index (χ0) is 23.2. The average molecular weight is 470 g/mol. The number of ether oxygens (including phenoxy) is 3. The Morgan fingerprint density at radius 3 is 2.64 bits per heavy atom. The predicted octanol–water partition coefficient (Wildman–Crippen LogP) is 5.19. The molecule has 2 aromatic rings. The number of carbonyl (C=O) groups excluding carboxylic acids is 2. The van der Waals surface area contributed by atoms with Crippen LogP contribution in [-0.2, 0) is 19.0 Å². The maximum Gasteiger partial charge on any atom is 0.511 e. The molecule has 1 saturated carbocycles. The molecule has 9 heteroatoms. The van der Waals surface area contributed by atoms with E-state index < -0.39 is 12.4 Å². The number of carbonyl (C=O) groups is 2. The Labute approximate surface area is 197 Å². The van der Waals surface area contributed by atoms with Crippen LogP contribution in [0.2, 0.25) is 0 Å². The fourth-order valence-corrected chi connectivity index (χ4v) is 4.80. The molecule has 0 spiro atoms. The molecule has 1 N–H and O–H groups in total. The van der Waals surface area contributed by atoms with Gasteiger partial charge < -0.3 is 23.8 Å². The van der Waals surface area contributed by atoms with E-state index in [0.717, 1.165) is 42.6 Å². The number of fused-ring (bicyclic) bond motifs is 1. The predicted molar refractivity (Wildman–Crippen MR) is 125 cm³/mol. The van der Waals surface area contributed by atoms with E-state index in [9.17, 15) is 9.59 Å². The van der Waals surface area contributed by atoms with Gasteiger partial charge in [0, 0.05) is 30.6 Å². The van der Waals surface area contributed by atoms with Crippen molar-refractivity contribution < 1.29 is 23.8 Å². The van der Waals surface area contributed by atoms with Crippen LogP contribution in [0.5, 0.6) is 0 Å². The van der Waals surface area contributed by atoms with Crippen molar-refractivity contribution in [3.8, 4) is 0 Å². The summed E-state index contributed by atoms with van der Waals surface area (Å²) in [5.74, 6) is 0.357. The zero-order valence-corrected chi connectivity index (χ0v) is 19.5. The van der Waals surface area contributed by atoms with Gasteiger partial charge in [-0.15, -0.1) is 0 Å². The fourth-order valence-electron chi connectivity index (χ4n) is 3.85. The minimum absolute atomic E-state index is 0.115. The van der Waals surface area contributed by atoms with E-state index in [4.69, 9.17) is 14.2 Å². The van der Waals surface area contributed by atoms with Crippen LogP contribution in [-0.4, -0.2) is 40.8 Å². The van der Waals surface area contributed by atoms with Crippen LogP contribution in [0.15, 0.2) is 59.3 Å². The van der Waals surface area contributed by atoms with Gasteiger partial charge in [0.05, 0.1) is 0 Å². The number of benzene rings is 1. The number of amides is 1. The van der Waals surface area contributed by atoms with Gasteiger partial charge >= 0.3 is 6.16 Å². The van der Waals surface area contributed by atoms with Crippen molar-refractivity contribution in [3.63, 3.8) is 0 Å². The number of likely N-dealkylation sites (N-methyl/N-ethyl adjacent to an activating group) is 1. The lowest BCUT2D eigenvalue weighted by Gasteiger charge is -2.31. The molecule has 0 radical (unpaired) electrons. The summed E-state index contributed by atoms with van der Waals surface area (Å²) in [6.07, 6.45) is 4.72. The monoisotopic (exact) mass is 469 g/mol. The van der Waals surface area contributed by atoms with Crippen molar-refractivity contribution in [2.75, 3.05) is 12.4 Å². The van der Waals surface area contributed by atoms with E-state index in [2.05, 4.69) is 10.3 Å². The van der Waals surface area contributed by atoms with E-state index in [1.807, 2.05) is 24.3 Å². The number of hydrogen-bond acceptors (Lipinski definition) is 8. The average Bonchev–Trinajstić information content (AvgIpc) is 2.80. The van der Waals surface area contributed by atoms with Gasteiger partial charge in [0.1, 0.15) is 11.9 Å². The molecule has 1 aliphatic heterocycles. The van der Waals surface area contributed by atoms with Crippen LogP contribution in [0.4, 0.5) is 10.6 Å². The topological polar surface area (TPSA) is 90.0 Å². The highest BCUT2D eigenvalue weighted by Crippen LogP contribution is 2.41. The van der Waals surface area contributed by atoms with Crippen LogP contribution in [0.1, 0.15) is 44.6 Å². The first-order chi connectivity index (χ1) is 16.0. The number of rotatable bonds is 6.